The summed E-state index contributed by atoms with van der Waals surface area (Å²) in [6, 6.07) is 8.04. The van der Waals surface area contributed by atoms with Gasteiger partial charge in [0.2, 0.25) is 0 Å². The van der Waals surface area contributed by atoms with E-state index in [4.69, 9.17) is 11.6 Å². The lowest BCUT2D eigenvalue weighted by Crippen LogP contribution is -1.97. The summed E-state index contributed by atoms with van der Waals surface area (Å²) in [5.41, 5.74) is 3.38. The second-order valence-electron chi connectivity index (χ2n) is 3.54. The molecule has 0 aliphatic heterocycles. The minimum Gasteiger partial charge on any atom is -0.381 e. The third-order valence-electron chi connectivity index (χ3n) is 2.33. The largest absolute Gasteiger partial charge is 0.381 e. The number of halogens is 1. The fraction of sp³-hybridized carbons (Fsp3) is 0.167. The number of aromatic amines is 1. The molecule has 0 radical (unpaired) electrons. The molecule has 2 nitrogen and oxygen atoms in total. The van der Waals surface area contributed by atoms with Gasteiger partial charge in [-0.15, -0.1) is 0 Å². The van der Waals surface area contributed by atoms with Crippen LogP contribution in [-0.4, -0.2) is 4.98 Å². The van der Waals surface area contributed by atoms with Gasteiger partial charge < -0.3 is 10.3 Å². The zero-order valence-corrected chi connectivity index (χ0v) is 9.31. The van der Waals surface area contributed by atoms with Crippen LogP contribution in [0.3, 0.4) is 0 Å². The topological polar surface area (TPSA) is 27.8 Å². The van der Waals surface area contributed by atoms with E-state index in [1.165, 1.54) is 5.56 Å². The van der Waals surface area contributed by atoms with Crippen molar-refractivity contribution in [2.24, 2.45) is 0 Å². The lowest BCUT2D eigenvalue weighted by Gasteiger charge is -2.06. The number of benzene rings is 1. The van der Waals surface area contributed by atoms with Crippen molar-refractivity contribution in [1.29, 1.82) is 0 Å². The highest BCUT2D eigenvalue weighted by atomic mass is 35.5. The van der Waals surface area contributed by atoms with Crippen molar-refractivity contribution >= 4 is 17.3 Å². The summed E-state index contributed by atoms with van der Waals surface area (Å²) >= 11 is 6.03. The van der Waals surface area contributed by atoms with Crippen molar-refractivity contribution in [2.75, 3.05) is 5.32 Å². The zero-order valence-electron chi connectivity index (χ0n) is 8.55. The van der Waals surface area contributed by atoms with Crippen LogP contribution in [0, 0.1) is 6.92 Å². The summed E-state index contributed by atoms with van der Waals surface area (Å²) < 4.78 is 0. The second kappa shape index (κ2) is 4.41. The minimum atomic E-state index is 0.800. The Morgan fingerprint density at radius 3 is 2.87 bits per heavy atom. The van der Waals surface area contributed by atoms with E-state index in [0.717, 1.165) is 22.8 Å². The fourth-order valence-electron chi connectivity index (χ4n) is 1.38. The normalized spacial score (nSPS) is 10.3. The molecule has 0 saturated carbocycles. The van der Waals surface area contributed by atoms with Crippen molar-refractivity contribution in [3.05, 3.63) is 52.8 Å². The Kier molecular flexibility index (Phi) is 2.97. The predicted octanol–water partition coefficient (Wildman–Crippen LogP) is 3.59. The van der Waals surface area contributed by atoms with Gasteiger partial charge in [-0.1, -0.05) is 17.7 Å². The molecular formula is C12H13ClN2. The number of H-pyrrole nitrogens is 1. The van der Waals surface area contributed by atoms with Crippen LogP contribution in [0.1, 0.15) is 11.1 Å². The molecule has 0 bridgehead atoms. The Balaban J connectivity index is 2.02. The number of aromatic nitrogens is 1. The molecule has 1 aromatic heterocycles. The fourth-order valence-corrected chi connectivity index (χ4v) is 1.56. The summed E-state index contributed by atoms with van der Waals surface area (Å²) in [7, 11) is 0. The van der Waals surface area contributed by atoms with Crippen molar-refractivity contribution in [3.8, 4) is 0 Å². The van der Waals surface area contributed by atoms with Gasteiger partial charge in [-0.3, -0.25) is 0 Å². The van der Waals surface area contributed by atoms with Crippen LogP contribution < -0.4 is 5.32 Å². The molecule has 1 heterocycles. The Morgan fingerprint density at radius 2 is 2.20 bits per heavy atom. The van der Waals surface area contributed by atoms with Gasteiger partial charge in [0.1, 0.15) is 0 Å². The molecule has 2 N–H and O–H groups in total. The highest BCUT2D eigenvalue weighted by molar-refractivity contribution is 6.31. The van der Waals surface area contributed by atoms with Crippen LogP contribution in [0.4, 0.5) is 5.69 Å². The van der Waals surface area contributed by atoms with Crippen LogP contribution in [0.15, 0.2) is 36.7 Å². The first-order valence-electron chi connectivity index (χ1n) is 4.87. The lowest BCUT2D eigenvalue weighted by atomic mass is 10.2. The Morgan fingerprint density at radius 1 is 1.33 bits per heavy atom. The van der Waals surface area contributed by atoms with E-state index in [1.54, 1.807) is 0 Å². The molecule has 0 saturated heterocycles. The van der Waals surface area contributed by atoms with Gasteiger partial charge in [0, 0.05) is 29.6 Å². The number of hydrogen-bond acceptors (Lipinski definition) is 1. The number of anilines is 1. The number of rotatable bonds is 3. The Bertz CT molecular complexity index is 435. The van der Waals surface area contributed by atoms with Crippen LogP contribution in [0.5, 0.6) is 0 Å². The first kappa shape index (κ1) is 10.1. The molecule has 15 heavy (non-hydrogen) atoms. The molecule has 0 unspecified atom stereocenters. The van der Waals surface area contributed by atoms with Gasteiger partial charge in [0.25, 0.3) is 0 Å². The van der Waals surface area contributed by atoms with Gasteiger partial charge in [0.15, 0.2) is 0 Å². The summed E-state index contributed by atoms with van der Waals surface area (Å²) in [6.07, 6.45) is 3.89. The first-order chi connectivity index (χ1) is 7.25. The molecule has 2 aromatic rings. The maximum atomic E-state index is 6.03. The molecule has 1 aromatic carbocycles. The predicted molar refractivity (Wildman–Crippen MR) is 64.3 cm³/mol. The minimum absolute atomic E-state index is 0.800. The van der Waals surface area contributed by atoms with Gasteiger partial charge in [-0.25, -0.2) is 0 Å². The van der Waals surface area contributed by atoms with Crippen LogP contribution in [-0.2, 0) is 6.54 Å². The summed E-state index contributed by atoms with van der Waals surface area (Å²) in [5.74, 6) is 0. The Labute approximate surface area is 94.3 Å². The van der Waals surface area contributed by atoms with Gasteiger partial charge in [-0.05, 0) is 36.2 Å². The number of hydrogen-bond donors (Lipinski definition) is 2. The SMILES string of the molecule is Cc1ccc(NCc2cc[nH]c2)cc1Cl. The second-order valence-corrected chi connectivity index (χ2v) is 3.94. The van der Waals surface area contributed by atoms with E-state index in [0.29, 0.717) is 0 Å². The average Bonchev–Trinajstić information content (AvgIpc) is 2.73. The summed E-state index contributed by atoms with van der Waals surface area (Å²) in [6.45, 7) is 2.81. The van der Waals surface area contributed by atoms with Gasteiger partial charge in [0.05, 0.1) is 0 Å². The number of aryl methyl sites for hydroxylation is 1. The van der Waals surface area contributed by atoms with E-state index >= 15 is 0 Å². The van der Waals surface area contributed by atoms with Gasteiger partial charge >= 0.3 is 0 Å². The first-order valence-corrected chi connectivity index (χ1v) is 5.25. The maximum Gasteiger partial charge on any atom is 0.0455 e. The van der Waals surface area contributed by atoms with Crippen LogP contribution >= 0.6 is 11.6 Å². The standard InChI is InChI=1S/C12H13ClN2/c1-9-2-3-11(6-12(9)13)15-8-10-4-5-14-7-10/h2-7,14-15H,8H2,1H3. The molecule has 0 aliphatic carbocycles. The maximum absolute atomic E-state index is 6.03. The molecule has 2 rings (SSSR count). The van der Waals surface area contributed by atoms with Crippen molar-refractivity contribution < 1.29 is 0 Å². The Hall–Kier alpha value is -1.41. The third-order valence-corrected chi connectivity index (χ3v) is 2.74. The van der Waals surface area contributed by atoms with E-state index in [1.807, 2.05) is 43.6 Å². The molecule has 0 aliphatic rings. The molecule has 0 spiro atoms. The van der Waals surface area contributed by atoms with E-state index in [-0.39, 0.29) is 0 Å². The van der Waals surface area contributed by atoms with E-state index in [9.17, 15) is 0 Å². The highest BCUT2D eigenvalue weighted by Crippen LogP contribution is 2.20. The van der Waals surface area contributed by atoms with Crippen molar-refractivity contribution in [3.63, 3.8) is 0 Å². The molecule has 78 valence electrons. The lowest BCUT2D eigenvalue weighted by molar-refractivity contribution is 1.15. The van der Waals surface area contributed by atoms with Crippen LogP contribution in [0.25, 0.3) is 0 Å². The molecule has 0 fully saturated rings. The average molecular weight is 221 g/mol. The molecule has 0 amide bonds. The van der Waals surface area contributed by atoms with Crippen LogP contribution in [0.2, 0.25) is 5.02 Å². The molecule has 0 atom stereocenters. The monoisotopic (exact) mass is 220 g/mol. The van der Waals surface area contributed by atoms with E-state index in [2.05, 4.69) is 10.3 Å². The smallest absolute Gasteiger partial charge is 0.0455 e. The number of nitrogens with one attached hydrogen (secondary N) is 2. The van der Waals surface area contributed by atoms with Gasteiger partial charge in [-0.2, -0.15) is 0 Å². The molecule has 3 heteroatoms. The third kappa shape index (κ3) is 2.54. The molecular weight excluding hydrogens is 208 g/mol. The quantitative estimate of drug-likeness (QED) is 0.813. The van der Waals surface area contributed by atoms with E-state index < -0.39 is 0 Å². The summed E-state index contributed by atoms with van der Waals surface area (Å²) in [4.78, 5) is 3.02. The summed E-state index contributed by atoms with van der Waals surface area (Å²) in [5, 5.41) is 4.11. The zero-order chi connectivity index (χ0) is 10.7. The van der Waals surface area contributed by atoms with Crippen molar-refractivity contribution in [1.82, 2.24) is 4.98 Å². The van der Waals surface area contributed by atoms with Crippen molar-refractivity contribution in [2.45, 2.75) is 13.5 Å². The highest BCUT2D eigenvalue weighted by Gasteiger charge is 1.97.